The van der Waals surface area contributed by atoms with Gasteiger partial charge in [0.25, 0.3) is 0 Å². The van der Waals surface area contributed by atoms with Crippen molar-refractivity contribution in [1.82, 2.24) is 14.7 Å². The molecule has 0 radical (unpaired) electrons. The van der Waals surface area contributed by atoms with Crippen molar-refractivity contribution in [3.8, 4) is 5.75 Å². The van der Waals surface area contributed by atoms with Crippen LogP contribution in [0.25, 0.3) is 0 Å². The second kappa shape index (κ2) is 8.66. The van der Waals surface area contributed by atoms with Gasteiger partial charge in [-0.1, -0.05) is 18.2 Å². The highest BCUT2D eigenvalue weighted by Gasteiger charge is 2.23. The predicted molar refractivity (Wildman–Crippen MR) is 101 cm³/mol. The van der Waals surface area contributed by atoms with Crippen LogP contribution in [-0.4, -0.2) is 64.8 Å². The van der Waals surface area contributed by atoms with Crippen LogP contribution in [0.15, 0.2) is 30.6 Å². The minimum atomic E-state index is -0.528. The van der Waals surface area contributed by atoms with Crippen LogP contribution in [0.2, 0.25) is 0 Å². The number of rotatable bonds is 7. The molecule has 0 spiro atoms. The van der Waals surface area contributed by atoms with Crippen LogP contribution in [0.1, 0.15) is 16.7 Å². The summed E-state index contributed by atoms with van der Waals surface area (Å²) in [5, 5.41) is 14.7. The SMILES string of the molecule is Cc1cnn(CC2CN(CC(O)COc3c(C)cccc3C)CCO2)c1. The summed E-state index contributed by atoms with van der Waals surface area (Å²) in [6.45, 7) is 10.00. The highest BCUT2D eigenvalue weighted by molar-refractivity contribution is 5.39. The van der Waals surface area contributed by atoms with E-state index >= 15 is 0 Å². The van der Waals surface area contributed by atoms with Crippen LogP contribution >= 0.6 is 0 Å². The molecular weight excluding hydrogens is 330 g/mol. The Morgan fingerprint density at radius 2 is 2.08 bits per heavy atom. The molecule has 1 aliphatic heterocycles. The van der Waals surface area contributed by atoms with Gasteiger partial charge in [-0.3, -0.25) is 9.58 Å². The number of morpholine rings is 1. The molecule has 3 rings (SSSR count). The molecule has 0 bridgehead atoms. The summed E-state index contributed by atoms with van der Waals surface area (Å²) in [5.74, 6) is 0.875. The van der Waals surface area contributed by atoms with Gasteiger partial charge in [0.2, 0.25) is 0 Å². The highest BCUT2D eigenvalue weighted by Crippen LogP contribution is 2.22. The second-order valence-corrected chi connectivity index (χ2v) is 7.18. The van der Waals surface area contributed by atoms with Crippen molar-refractivity contribution in [3.63, 3.8) is 0 Å². The van der Waals surface area contributed by atoms with Crippen LogP contribution in [0, 0.1) is 20.8 Å². The quantitative estimate of drug-likeness (QED) is 0.819. The third-order valence-electron chi connectivity index (χ3n) is 4.67. The topological polar surface area (TPSA) is 59.8 Å². The molecule has 1 N–H and O–H groups in total. The van der Waals surface area contributed by atoms with Gasteiger partial charge in [0.15, 0.2) is 0 Å². The van der Waals surface area contributed by atoms with Gasteiger partial charge in [0.05, 0.1) is 25.5 Å². The van der Waals surface area contributed by atoms with Crippen molar-refractivity contribution in [3.05, 3.63) is 47.3 Å². The first kappa shape index (κ1) is 18.9. The second-order valence-electron chi connectivity index (χ2n) is 7.18. The number of aryl methyl sites for hydroxylation is 3. The van der Waals surface area contributed by atoms with Crippen LogP contribution in [0.5, 0.6) is 5.75 Å². The summed E-state index contributed by atoms with van der Waals surface area (Å²) in [7, 11) is 0. The molecule has 2 aromatic rings. The molecule has 142 valence electrons. The lowest BCUT2D eigenvalue weighted by atomic mass is 10.1. The Balaban J connectivity index is 1.47. The maximum Gasteiger partial charge on any atom is 0.125 e. The van der Waals surface area contributed by atoms with E-state index in [1.807, 2.05) is 56.0 Å². The summed E-state index contributed by atoms with van der Waals surface area (Å²) in [5.41, 5.74) is 3.34. The minimum absolute atomic E-state index is 0.0924. The summed E-state index contributed by atoms with van der Waals surface area (Å²) < 4.78 is 13.6. The Bertz CT molecular complexity index is 696. The highest BCUT2D eigenvalue weighted by atomic mass is 16.5. The fourth-order valence-electron chi connectivity index (χ4n) is 3.39. The third-order valence-corrected chi connectivity index (χ3v) is 4.67. The molecule has 1 fully saturated rings. The zero-order chi connectivity index (χ0) is 18.5. The Morgan fingerprint density at radius 3 is 2.77 bits per heavy atom. The molecule has 0 amide bonds. The van der Waals surface area contributed by atoms with Gasteiger partial charge >= 0.3 is 0 Å². The first-order valence-corrected chi connectivity index (χ1v) is 9.21. The Labute approximate surface area is 155 Å². The molecule has 1 aromatic carbocycles. The van der Waals surface area contributed by atoms with Crippen LogP contribution in [0.3, 0.4) is 0 Å². The zero-order valence-corrected chi connectivity index (χ0v) is 15.9. The molecule has 2 atom stereocenters. The number of aliphatic hydroxyl groups excluding tert-OH is 1. The minimum Gasteiger partial charge on any atom is -0.490 e. The lowest BCUT2D eigenvalue weighted by Crippen LogP contribution is -2.47. The van der Waals surface area contributed by atoms with Crippen molar-refractivity contribution < 1.29 is 14.6 Å². The van der Waals surface area contributed by atoms with E-state index in [1.54, 1.807) is 0 Å². The Hall–Kier alpha value is -1.89. The van der Waals surface area contributed by atoms with Crippen molar-refractivity contribution in [1.29, 1.82) is 0 Å². The molecule has 1 aliphatic rings. The number of aliphatic hydroxyl groups is 1. The monoisotopic (exact) mass is 359 g/mol. The van der Waals surface area contributed by atoms with Gasteiger partial charge in [-0.2, -0.15) is 5.10 Å². The normalized spacial score (nSPS) is 19.5. The number of para-hydroxylation sites is 1. The lowest BCUT2D eigenvalue weighted by Gasteiger charge is -2.34. The predicted octanol–water partition coefficient (Wildman–Crippen LogP) is 1.95. The number of hydrogen-bond acceptors (Lipinski definition) is 5. The smallest absolute Gasteiger partial charge is 0.125 e. The van der Waals surface area contributed by atoms with Gasteiger partial charge in [-0.25, -0.2) is 0 Å². The van der Waals surface area contributed by atoms with E-state index in [4.69, 9.17) is 9.47 Å². The van der Waals surface area contributed by atoms with E-state index in [9.17, 15) is 5.11 Å². The zero-order valence-electron chi connectivity index (χ0n) is 15.9. The molecule has 1 aromatic heterocycles. The molecule has 2 unspecified atom stereocenters. The largest absolute Gasteiger partial charge is 0.490 e. The van der Waals surface area contributed by atoms with Crippen molar-refractivity contribution >= 4 is 0 Å². The number of hydrogen-bond donors (Lipinski definition) is 1. The fraction of sp³-hybridized carbons (Fsp3) is 0.550. The Morgan fingerprint density at radius 1 is 1.31 bits per heavy atom. The summed E-state index contributed by atoms with van der Waals surface area (Å²) in [4.78, 5) is 2.24. The van der Waals surface area contributed by atoms with Crippen LogP contribution in [-0.2, 0) is 11.3 Å². The van der Waals surface area contributed by atoms with E-state index in [2.05, 4.69) is 10.00 Å². The average Bonchev–Trinajstić information content (AvgIpc) is 2.99. The summed E-state index contributed by atoms with van der Waals surface area (Å²) >= 11 is 0. The third kappa shape index (κ3) is 5.06. The molecule has 1 saturated heterocycles. The molecular formula is C20H29N3O3. The Kier molecular flexibility index (Phi) is 6.29. The van der Waals surface area contributed by atoms with Crippen molar-refractivity contribution in [2.24, 2.45) is 0 Å². The van der Waals surface area contributed by atoms with Gasteiger partial charge in [-0.15, -0.1) is 0 Å². The molecule has 26 heavy (non-hydrogen) atoms. The molecule has 6 nitrogen and oxygen atoms in total. The van der Waals surface area contributed by atoms with E-state index in [1.165, 1.54) is 0 Å². The molecule has 2 heterocycles. The van der Waals surface area contributed by atoms with E-state index in [0.717, 1.165) is 42.1 Å². The summed E-state index contributed by atoms with van der Waals surface area (Å²) in [6.07, 6.45) is 3.44. The van der Waals surface area contributed by atoms with Crippen LogP contribution in [0.4, 0.5) is 0 Å². The number of β-amino-alcohol motifs (C(OH)–C–C–N with tert-alkyl or cyclic N) is 1. The average molecular weight is 359 g/mol. The van der Waals surface area contributed by atoms with Gasteiger partial charge in [0, 0.05) is 25.8 Å². The van der Waals surface area contributed by atoms with Crippen LogP contribution < -0.4 is 4.74 Å². The van der Waals surface area contributed by atoms with Crippen molar-refractivity contribution in [2.75, 3.05) is 32.8 Å². The molecule has 6 heteroatoms. The molecule has 0 aliphatic carbocycles. The number of aromatic nitrogens is 2. The first-order valence-electron chi connectivity index (χ1n) is 9.21. The van der Waals surface area contributed by atoms with E-state index < -0.39 is 6.10 Å². The number of nitrogens with zero attached hydrogens (tertiary/aromatic N) is 3. The molecule has 0 saturated carbocycles. The van der Waals surface area contributed by atoms with E-state index in [-0.39, 0.29) is 6.10 Å². The van der Waals surface area contributed by atoms with Gasteiger partial charge < -0.3 is 14.6 Å². The standard InChI is InChI=1S/C20H29N3O3/c1-15-9-21-23(10-15)13-19-12-22(7-8-25-19)11-18(24)14-26-20-16(2)5-4-6-17(20)3/h4-6,9-10,18-19,24H,7-8,11-14H2,1-3H3. The summed E-state index contributed by atoms with van der Waals surface area (Å²) in [6, 6.07) is 6.07. The van der Waals surface area contributed by atoms with E-state index in [0.29, 0.717) is 19.8 Å². The number of benzene rings is 1. The maximum absolute atomic E-state index is 10.4. The lowest BCUT2D eigenvalue weighted by molar-refractivity contribution is -0.0517. The number of ether oxygens (including phenoxy) is 2. The first-order chi connectivity index (χ1) is 12.5. The van der Waals surface area contributed by atoms with Crippen molar-refractivity contribution in [2.45, 2.75) is 39.5 Å². The maximum atomic E-state index is 10.4. The fourth-order valence-corrected chi connectivity index (χ4v) is 3.39. The van der Waals surface area contributed by atoms with Gasteiger partial charge in [0.1, 0.15) is 18.5 Å². The van der Waals surface area contributed by atoms with Gasteiger partial charge in [-0.05, 0) is 37.5 Å².